The molecule has 1 aromatic rings. The smallest absolute Gasteiger partial charge is 0.191 e. The zero-order valence-corrected chi connectivity index (χ0v) is 15.6. The Balaban J connectivity index is 1.49. The normalized spacial score (nSPS) is 37.9. The van der Waals surface area contributed by atoms with E-state index in [-0.39, 0.29) is 24.4 Å². The molecule has 3 aliphatic rings. The first-order valence-corrected chi connectivity index (χ1v) is 9.03. The molecule has 0 N–H and O–H groups in total. The van der Waals surface area contributed by atoms with Crippen LogP contribution in [-0.4, -0.2) is 48.9 Å². The first-order valence-electron chi connectivity index (χ1n) is 9.03. The molecule has 0 unspecified atom stereocenters. The van der Waals surface area contributed by atoms with E-state index < -0.39 is 17.9 Å². The number of benzene rings is 1. The van der Waals surface area contributed by atoms with Gasteiger partial charge >= 0.3 is 0 Å². The average Bonchev–Trinajstić information content (AvgIpc) is 3.18. The molecule has 6 heteroatoms. The molecule has 0 aliphatic carbocycles. The lowest BCUT2D eigenvalue weighted by Crippen LogP contribution is -2.43. The van der Waals surface area contributed by atoms with Crippen molar-refractivity contribution in [2.45, 2.75) is 70.0 Å². The van der Waals surface area contributed by atoms with Crippen LogP contribution in [-0.2, 0) is 28.4 Å². The Morgan fingerprint density at radius 3 is 2.42 bits per heavy atom. The molecule has 6 nitrogen and oxygen atoms in total. The van der Waals surface area contributed by atoms with E-state index in [9.17, 15) is 0 Å². The molecule has 3 saturated heterocycles. The second kappa shape index (κ2) is 6.62. The van der Waals surface area contributed by atoms with Gasteiger partial charge in [-0.25, -0.2) is 0 Å². The standard InChI is InChI=1S/C20H26O6/c1-19(2)22-12-14(24-19)15-16(17-18(23-15)26-20(3,4)25-17)21-11-10-13-8-6-5-7-9-13/h5-11,14-18H,12H2,1-4H3/b11-10+/t14-,15-,16-,17+,18+/m0/s1. The second-order valence-electron chi connectivity index (χ2n) is 7.75. The van der Waals surface area contributed by atoms with Crippen molar-refractivity contribution in [2.24, 2.45) is 0 Å². The Bertz CT molecular complexity index is 656. The zero-order valence-electron chi connectivity index (χ0n) is 15.6. The van der Waals surface area contributed by atoms with E-state index in [1.807, 2.05) is 64.1 Å². The van der Waals surface area contributed by atoms with Crippen LogP contribution < -0.4 is 0 Å². The summed E-state index contributed by atoms with van der Waals surface area (Å²) >= 11 is 0. The van der Waals surface area contributed by atoms with E-state index in [2.05, 4.69) is 0 Å². The molecule has 3 aliphatic heterocycles. The lowest BCUT2D eigenvalue weighted by Gasteiger charge is -2.28. The van der Waals surface area contributed by atoms with Crippen LogP contribution in [0.1, 0.15) is 33.3 Å². The molecule has 0 bridgehead atoms. The summed E-state index contributed by atoms with van der Waals surface area (Å²) in [7, 11) is 0. The highest BCUT2D eigenvalue weighted by Gasteiger charge is 2.59. The summed E-state index contributed by atoms with van der Waals surface area (Å²) in [6.45, 7) is 7.98. The van der Waals surface area contributed by atoms with Gasteiger partial charge in [-0.05, 0) is 39.3 Å². The van der Waals surface area contributed by atoms with Crippen molar-refractivity contribution in [2.75, 3.05) is 6.61 Å². The SMILES string of the molecule is CC1(C)O[C@H]2O[C@@H]([C@@H]3COC(C)(C)O3)[C@H](O/C=C/c3ccccc3)[C@H]2O1. The van der Waals surface area contributed by atoms with Crippen molar-refractivity contribution < 1.29 is 28.4 Å². The minimum Gasteiger partial charge on any atom is -0.492 e. The number of hydrogen-bond donors (Lipinski definition) is 0. The predicted molar refractivity (Wildman–Crippen MR) is 94.0 cm³/mol. The second-order valence-corrected chi connectivity index (χ2v) is 7.75. The fourth-order valence-electron chi connectivity index (χ4n) is 3.61. The summed E-state index contributed by atoms with van der Waals surface area (Å²) in [5.41, 5.74) is 1.06. The van der Waals surface area contributed by atoms with Gasteiger partial charge in [-0.2, -0.15) is 0 Å². The highest BCUT2D eigenvalue weighted by atomic mass is 16.8. The summed E-state index contributed by atoms with van der Waals surface area (Å²) < 4.78 is 35.7. The van der Waals surface area contributed by atoms with E-state index in [0.29, 0.717) is 6.61 Å². The lowest BCUT2D eigenvalue weighted by atomic mass is 10.1. The quantitative estimate of drug-likeness (QED) is 0.768. The van der Waals surface area contributed by atoms with Gasteiger partial charge in [-0.15, -0.1) is 0 Å². The van der Waals surface area contributed by atoms with Gasteiger partial charge in [0.15, 0.2) is 30.1 Å². The maximum absolute atomic E-state index is 6.10. The molecule has 0 saturated carbocycles. The molecular formula is C20H26O6. The van der Waals surface area contributed by atoms with Gasteiger partial charge in [-0.3, -0.25) is 0 Å². The van der Waals surface area contributed by atoms with Gasteiger partial charge in [-0.1, -0.05) is 30.3 Å². The summed E-state index contributed by atoms with van der Waals surface area (Å²) in [4.78, 5) is 0. The van der Waals surface area contributed by atoms with Crippen LogP contribution >= 0.6 is 0 Å². The summed E-state index contributed by atoms with van der Waals surface area (Å²) in [6.07, 6.45) is 1.91. The zero-order chi connectivity index (χ0) is 18.4. The number of fused-ring (bicyclic) bond motifs is 1. The Kier molecular flexibility index (Phi) is 4.57. The lowest BCUT2D eigenvalue weighted by molar-refractivity contribution is -0.232. The molecular weight excluding hydrogens is 336 g/mol. The first kappa shape index (κ1) is 17.9. The Hall–Kier alpha value is -1.44. The number of ether oxygens (including phenoxy) is 6. The minimum absolute atomic E-state index is 0.235. The van der Waals surface area contributed by atoms with Crippen molar-refractivity contribution in [3.8, 4) is 0 Å². The summed E-state index contributed by atoms with van der Waals surface area (Å²) in [5.74, 6) is -1.32. The van der Waals surface area contributed by atoms with Crippen LogP contribution in [0.5, 0.6) is 0 Å². The van der Waals surface area contributed by atoms with Crippen LogP contribution in [0.3, 0.4) is 0 Å². The third kappa shape index (κ3) is 3.66. The van der Waals surface area contributed by atoms with Crippen molar-refractivity contribution in [3.63, 3.8) is 0 Å². The van der Waals surface area contributed by atoms with Crippen LogP contribution in [0.2, 0.25) is 0 Å². The molecule has 26 heavy (non-hydrogen) atoms. The molecule has 4 rings (SSSR count). The fourth-order valence-corrected chi connectivity index (χ4v) is 3.61. The Morgan fingerprint density at radius 1 is 0.962 bits per heavy atom. The van der Waals surface area contributed by atoms with Crippen LogP contribution in [0, 0.1) is 0 Å². The van der Waals surface area contributed by atoms with Crippen molar-refractivity contribution in [1.29, 1.82) is 0 Å². The highest BCUT2D eigenvalue weighted by molar-refractivity contribution is 5.47. The topological polar surface area (TPSA) is 55.4 Å². The van der Waals surface area contributed by atoms with Crippen LogP contribution in [0.4, 0.5) is 0 Å². The average molecular weight is 362 g/mol. The number of rotatable bonds is 4. The van der Waals surface area contributed by atoms with Gasteiger partial charge in [0.2, 0.25) is 0 Å². The molecule has 3 heterocycles. The Morgan fingerprint density at radius 2 is 1.73 bits per heavy atom. The first-order chi connectivity index (χ1) is 12.3. The van der Waals surface area contributed by atoms with Gasteiger partial charge in [0, 0.05) is 0 Å². The van der Waals surface area contributed by atoms with E-state index in [1.54, 1.807) is 6.26 Å². The van der Waals surface area contributed by atoms with Gasteiger partial charge in [0.25, 0.3) is 0 Å². The molecule has 0 spiro atoms. The molecule has 3 fully saturated rings. The maximum atomic E-state index is 6.10. The van der Waals surface area contributed by atoms with Crippen molar-refractivity contribution in [3.05, 3.63) is 42.2 Å². The van der Waals surface area contributed by atoms with E-state index >= 15 is 0 Å². The number of hydrogen-bond acceptors (Lipinski definition) is 6. The molecule has 0 amide bonds. The monoisotopic (exact) mass is 362 g/mol. The molecule has 5 atom stereocenters. The predicted octanol–water partition coefficient (Wildman–Crippen LogP) is 3.07. The van der Waals surface area contributed by atoms with E-state index in [4.69, 9.17) is 28.4 Å². The van der Waals surface area contributed by atoms with Gasteiger partial charge in [0.1, 0.15) is 12.2 Å². The minimum atomic E-state index is -0.697. The summed E-state index contributed by atoms with van der Waals surface area (Å²) in [6, 6.07) is 9.98. The van der Waals surface area contributed by atoms with E-state index in [0.717, 1.165) is 5.56 Å². The third-order valence-electron chi connectivity index (χ3n) is 4.72. The van der Waals surface area contributed by atoms with Crippen LogP contribution in [0.15, 0.2) is 36.6 Å². The molecule has 142 valence electrons. The van der Waals surface area contributed by atoms with Crippen LogP contribution in [0.25, 0.3) is 6.08 Å². The van der Waals surface area contributed by atoms with Crippen molar-refractivity contribution in [1.82, 2.24) is 0 Å². The van der Waals surface area contributed by atoms with E-state index in [1.165, 1.54) is 0 Å². The molecule has 0 radical (unpaired) electrons. The Labute approximate surface area is 154 Å². The van der Waals surface area contributed by atoms with Gasteiger partial charge < -0.3 is 28.4 Å². The third-order valence-corrected chi connectivity index (χ3v) is 4.72. The maximum Gasteiger partial charge on any atom is 0.191 e. The fraction of sp³-hybridized carbons (Fsp3) is 0.600. The molecule has 1 aromatic carbocycles. The largest absolute Gasteiger partial charge is 0.492 e. The summed E-state index contributed by atoms with van der Waals surface area (Å²) in [5, 5.41) is 0. The highest BCUT2D eigenvalue weighted by Crippen LogP contribution is 2.42. The van der Waals surface area contributed by atoms with Crippen molar-refractivity contribution >= 4 is 6.08 Å². The molecule has 0 aromatic heterocycles. The van der Waals surface area contributed by atoms with Gasteiger partial charge in [0.05, 0.1) is 12.9 Å².